The second kappa shape index (κ2) is 4.33. The molecule has 2 rings (SSSR count). The van der Waals surface area contributed by atoms with Crippen LogP contribution in [0.4, 0.5) is 0 Å². The third-order valence-corrected chi connectivity index (χ3v) is 3.34. The van der Waals surface area contributed by atoms with Crippen molar-refractivity contribution in [2.45, 2.75) is 57.3 Å². The van der Waals surface area contributed by atoms with Crippen LogP contribution in [0, 0.1) is 0 Å². The van der Waals surface area contributed by atoms with Crippen molar-refractivity contribution >= 4 is 5.97 Å². The number of cyclic esters (lactones) is 1. The van der Waals surface area contributed by atoms with Crippen LogP contribution in [0.15, 0.2) is 12.3 Å². The van der Waals surface area contributed by atoms with Crippen LogP contribution in [0.3, 0.4) is 0 Å². The second-order valence-corrected chi connectivity index (χ2v) is 5.75. The van der Waals surface area contributed by atoms with Crippen LogP contribution in [-0.4, -0.2) is 29.8 Å². The number of rotatable bonds is 3. The maximum atomic E-state index is 11.8. The lowest BCUT2D eigenvalue weighted by Crippen LogP contribution is -2.49. The smallest absolute Gasteiger partial charge is 0.326 e. The average Bonchev–Trinajstić information content (AvgIpc) is 2.47. The molecule has 2 aliphatic rings. The number of carbonyl (C=O) groups is 1. The van der Waals surface area contributed by atoms with Crippen molar-refractivity contribution < 1.29 is 14.3 Å². The molecule has 0 aromatic heterocycles. The molecule has 4 nitrogen and oxygen atoms in total. The summed E-state index contributed by atoms with van der Waals surface area (Å²) < 4.78 is 10.8. The van der Waals surface area contributed by atoms with Gasteiger partial charge in [0.15, 0.2) is 0 Å². The third kappa shape index (κ3) is 2.80. The fourth-order valence-corrected chi connectivity index (χ4v) is 2.53. The molecule has 1 saturated heterocycles. The zero-order chi connectivity index (χ0) is 12.5. The number of esters is 1. The van der Waals surface area contributed by atoms with Gasteiger partial charge in [0, 0.05) is 13.0 Å². The van der Waals surface area contributed by atoms with E-state index in [1.807, 2.05) is 26.8 Å². The highest BCUT2D eigenvalue weighted by molar-refractivity contribution is 5.83. The molecule has 0 aliphatic carbocycles. The summed E-state index contributed by atoms with van der Waals surface area (Å²) in [7, 11) is 0. The fourth-order valence-electron chi connectivity index (χ4n) is 2.53. The first kappa shape index (κ1) is 12.4. The minimum atomic E-state index is -0.575. The van der Waals surface area contributed by atoms with Gasteiger partial charge in [-0.05, 0) is 39.7 Å². The first-order chi connectivity index (χ1) is 7.91. The van der Waals surface area contributed by atoms with E-state index in [9.17, 15) is 4.79 Å². The lowest BCUT2D eigenvalue weighted by atomic mass is 9.91. The molecule has 17 heavy (non-hydrogen) atoms. The second-order valence-electron chi connectivity index (χ2n) is 5.75. The number of allylic oxidation sites excluding steroid dienone is 1. The van der Waals surface area contributed by atoms with Crippen molar-refractivity contribution in [3.05, 3.63) is 12.3 Å². The van der Waals surface area contributed by atoms with Crippen LogP contribution in [0.2, 0.25) is 0 Å². The zero-order valence-corrected chi connectivity index (χ0v) is 10.8. The first-order valence-electron chi connectivity index (χ1n) is 6.20. The Morgan fingerprint density at radius 1 is 1.47 bits per heavy atom. The molecule has 2 aliphatic heterocycles. The Hall–Kier alpha value is -1.03. The topological polar surface area (TPSA) is 47.6 Å². The van der Waals surface area contributed by atoms with Gasteiger partial charge in [0.05, 0.1) is 6.26 Å². The average molecular weight is 239 g/mol. The Labute approximate surface area is 102 Å². The Morgan fingerprint density at radius 2 is 2.24 bits per heavy atom. The molecule has 0 bridgehead atoms. The molecular weight excluding hydrogens is 218 g/mol. The van der Waals surface area contributed by atoms with Gasteiger partial charge in [-0.1, -0.05) is 0 Å². The summed E-state index contributed by atoms with van der Waals surface area (Å²) in [6.45, 7) is 6.48. The molecule has 1 fully saturated rings. The predicted molar refractivity (Wildman–Crippen MR) is 64.4 cm³/mol. The normalized spacial score (nSPS) is 35.5. The zero-order valence-electron chi connectivity index (χ0n) is 10.8. The number of nitrogens with one attached hydrogen (secondary N) is 1. The minimum Gasteiger partial charge on any atom is -0.497 e. The Bertz CT molecular complexity index is 338. The van der Waals surface area contributed by atoms with E-state index >= 15 is 0 Å². The highest BCUT2D eigenvalue weighted by Gasteiger charge is 2.49. The molecule has 2 heterocycles. The molecular formula is C13H21NO3. The molecule has 0 spiro atoms. The SMILES string of the molecule is CC1(C)CC(C)(NCC2CCC=CO2)C(=O)O1. The summed E-state index contributed by atoms with van der Waals surface area (Å²) in [5.74, 6) is -0.158. The summed E-state index contributed by atoms with van der Waals surface area (Å²) in [6.07, 6.45) is 6.66. The van der Waals surface area contributed by atoms with E-state index in [2.05, 4.69) is 5.32 Å². The van der Waals surface area contributed by atoms with Crippen LogP contribution >= 0.6 is 0 Å². The van der Waals surface area contributed by atoms with Crippen LogP contribution in [-0.2, 0) is 14.3 Å². The fraction of sp³-hybridized carbons (Fsp3) is 0.769. The van der Waals surface area contributed by atoms with Crippen LogP contribution in [0.1, 0.15) is 40.0 Å². The van der Waals surface area contributed by atoms with Crippen molar-refractivity contribution in [2.24, 2.45) is 0 Å². The van der Waals surface area contributed by atoms with Crippen LogP contribution < -0.4 is 5.32 Å². The lowest BCUT2D eigenvalue weighted by molar-refractivity contribution is -0.149. The largest absolute Gasteiger partial charge is 0.497 e. The summed E-state index contributed by atoms with van der Waals surface area (Å²) in [6, 6.07) is 0. The molecule has 4 heteroatoms. The Morgan fingerprint density at radius 3 is 2.76 bits per heavy atom. The summed E-state index contributed by atoms with van der Waals surface area (Å²) in [5, 5.41) is 3.30. The van der Waals surface area contributed by atoms with E-state index < -0.39 is 5.54 Å². The van der Waals surface area contributed by atoms with Crippen molar-refractivity contribution in [3.63, 3.8) is 0 Å². The molecule has 2 unspecified atom stereocenters. The van der Waals surface area contributed by atoms with Crippen LogP contribution in [0.5, 0.6) is 0 Å². The molecule has 2 atom stereocenters. The van der Waals surface area contributed by atoms with E-state index in [0.29, 0.717) is 13.0 Å². The van der Waals surface area contributed by atoms with Gasteiger partial charge in [0.25, 0.3) is 0 Å². The van der Waals surface area contributed by atoms with Gasteiger partial charge >= 0.3 is 5.97 Å². The molecule has 0 saturated carbocycles. The third-order valence-electron chi connectivity index (χ3n) is 3.34. The summed E-state index contributed by atoms with van der Waals surface area (Å²) in [5.41, 5.74) is -0.944. The van der Waals surface area contributed by atoms with Crippen molar-refractivity contribution in [3.8, 4) is 0 Å². The summed E-state index contributed by atoms with van der Waals surface area (Å²) in [4.78, 5) is 11.8. The van der Waals surface area contributed by atoms with E-state index in [-0.39, 0.29) is 17.7 Å². The van der Waals surface area contributed by atoms with E-state index in [1.165, 1.54) is 0 Å². The molecule has 0 radical (unpaired) electrons. The quantitative estimate of drug-likeness (QED) is 0.762. The van der Waals surface area contributed by atoms with Gasteiger partial charge in [0.2, 0.25) is 0 Å². The van der Waals surface area contributed by atoms with Gasteiger partial charge in [0.1, 0.15) is 17.2 Å². The highest BCUT2D eigenvalue weighted by Crippen LogP contribution is 2.33. The first-order valence-corrected chi connectivity index (χ1v) is 6.20. The number of hydrogen-bond donors (Lipinski definition) is 1. The predicted octanol–water partition coefficient (Wildman–Crippen LogP) is 1.75. The standard InChI is InChI=1S/C13H21NO3/c1-12(2)9-13(3,11(15)17-12)14-8-10-6-4-5-7-16-10/h5,7,10,14H,4,6,8-9H2,1-3H3. The molecule has 0 aromatic carbocycles. The van der Waals surface area contributed by atoms with Gasteiger partial charge in [-0.25, -0.2) is 0 Å². The van der Waals surface area contributed by atoms with Gasteiger partial charge in [-0.15, -0.1) is 0 Å². The molecule has 0 amide bonds. The van der Waals surface area contributed by atoms with Crippen LogP contribution in [0.25, 0.3) is 0 Å². The maximum absolute atomic E-state index is 11.8. The number of carbonyl (C=O) groups excluding carboxylic acids is 1. The number of hydrogen-bond acceptors (Lipinski definition) is 4. The Balaban J connectivity index is 1.89. The van der Waals surface area contributed by atoms with Gasteiger partial charge in [-0.2, -0.15) is 0 Å². The van der Waals surface area contributed by atoms with Crippen molar-refractivity contribution in [1.29, 1.82) is 0 Å². The molecule has 0 aromatic rings. The van der Waals surface area contributed by atoms with E-state index in [0.717, 1.165) is 12.8 Å². The van der Waals surface area contributed by atoms with Gasteiger partial charge in [-0.3, -0.25) is 10.1 Å². The van der Waals surface area contributed by atoms with E-state index in [1.54, 1.807) is 6.26 Å². The highest BCUT2D eigenvalue weighted by atomic mass is 16.6. The summed E-state index contributed by atoms with van der Waals surface area (Å²) >= 11 is 0. The lowest BCUT2D eigenvalue weighted by Gasteiger charge is -2.26. The maximum Gasteiger partial charge on any atom is 0.326 e. The number of ether oxygens (including phenoxy) is 2. The minimum absolute atomic E-state index is 0.158. The van der Waals surface area contributed by atoms with E-state index in [4.69, 9.17) is 9.47 Å². The van der Waals surface area contributed by atoms with Crippen molar-refractivity contribution in [1.82, 2.24) is 5.32 Å². The Kier molecular flexibility index (Phi) is 3.17. The molecule has 1 N–H and O–H groups in total. The monoisotopic (exact) mass is 239 g/mol. The van der Waals surface area contributed by atoms with Gasteiger partial charge < -0.3 is 9.47 Å². The van der Waals surface area contributed by atoms with Crippen molar-refractivity contribution in [2.75, 3.05) is 6.54 Å². The molecule has 96 valence electrons.